The second-order valence-electron chi connectivity index (χ2n) is 6.29. The highest BCUT2D eigenvalue weighted by atomic mass is 79.9. The molecule has 0 radical (unpaired) electrons. The highest BCUT2D eigenvalue weighted by Crippen LogP contribution is 2.48. The van der Waals surface area contributed by atoms with Crippen molar-refractivity contribution in [1.82, 2.24) is 9.80 Å². The van der Waals surface area contributed by atoms with Gasteiger partial charge in [-0.05, 0) is 42.9 Å². The number of benzene rings is 1. The summed E-state index contributed by atoms with van der Waals surface area (Å²) in [6.45, 7) is 1.89. The van der Waals surface area contributed by atoms with E-state index < -0.39 is 0 Å². The molecule has 0 N–H and O–H groups in total. The number of nitrogens with zero attached hydrogens (tertiary/aromatic N) is 2. The first-order valence-electron chi connectivity index (χ1n) is 7.84. The van der Waals surface area contributed by atoms with E-state index in [4.69, 9.17) is 0 Å². The summed E-state index contributed by atoms with van der Waals surface area (Å²) in [5.41, 5.74) is 1.20. The first-order valence-corrected chi connectivity index (χ1v) is 8.64. The lowest BCUT2D eigenvalue weighted by Gasteiger charge is -2.21. The number of carbonyl (C=O) groups is 2. The van der Waals surface area contributed by atoms with Gasteiger partial charge in [-0.3, -0.25) is 9.59 Å². The van der Waals surface area contributed by atoms with Crippen LogP contribution in [0, 0.1) is 5.92 Å². The van der Waals surface area contributed by atoms with Gasteiger partial charge < -0.3 is 9.80 Å². The molecule has 3 rings (SSSR count). The maximum absolute atomic E-state index is 12.5. The molecule has 1 aromatic carbocycles. The van der Waals surface area contributed by atoms with E-state index in [1.807, 2.05) is 17.0 Å². The minimum atomic E-state index is 0.0330. The van der Waals surface area contributed by atoms with Crippen molar-refractivity contribution in [2.75, 3.05) is 26.7 Å². The van der Waals surface area contributed by atoms with E-state index in [1.165, 1.54) is 5.56 Å². The van der Waals surface area contributed by atoms with E-state index in [2.05, 4.69) is 28.1 Å². The Kier molecular flexibility index (Phi) is 4.52. The van der Waals surface area contributed by atoms with Crippen molar-refractivity contribution >= 4 is 27.7 Å². The number of likely N-dealkylation sites (N-methyl/N-ethyl adjacent to an activating group) is 1. The van der Waals surface area contributed by atoms with Gasteiger partial charge in [0.2, 0.25) is 11.8 Å². The zero-order valence-electron chi connectivity index (χ0n) is 12.8. The molecule has 0 bridgehead atoms. The van der Waals surface area contributed by atoms with Gasteiger partial charge in [0.05, 0.1) is 6.54 Å². The number of halogens is 1. The van der Waals surface area contributed by atoms with E-state index in [-0.39, 0.29) is 24.3 Å². The quantitative estimate of drug-likeness (QED) is 0.823. The molecular formula is C17H21BrN2O2. The van der Waals surface area contributed by atoms with Crippen molar-refractivity contribution in [3.05, 3.63) is 34.3 Å². The molecule has 0 unspecified atom stereocenters. The average molecular weight is 365 g/mol. The molecule has 2 aliphatic rings. The SMILES string of the molecule is CN(CC(=O)N1CCCC1)C(=O)[C@H]1C[C@H]1c1cccc(Br)c1. The standard InChI is InChI=1S/C17H21BrN2O2/c1-19(11-16(21)20-7-2-3-8-20)17(22)15-10-14(15)12-5-4-6-13(18)9-12/h4-6,9,14-15H,2-3,7-8,10-11H2,1H3/t14-,15-/m0/s1. The van der Waals surface area contributed by atoms with Crippen LogP contribution in [-0.2, 0) is 9.59 Å². The molecule has 2 fully saturated rings. The van der Waals surface area contributed by atoms with Gasteiger partial charge in [-0.1, -0.05) is 28.1 Å². The van der Waals surface area contributed by atoms with Crippen LogP contribution in [0.2, 0.25) is 0 Å². The number of hydrogen-bond donors (Lipinski definition) is 0. The molecule has 118 valence electrons. The molecule has 1 saturated carbocycles. The Hall–Kier alpha value is -1.36. The van der Waals surface area contributed by atoms with Crippen molar-refractivity contribution < 1.29 is 9.59 Å². The van der Waals surface area contributed by atoms with Crippen molar-refractivity contribution in [3.63, 3.8) is 0 Å². The van der Waals surface area contributed by atoms with Gasteiger partial charge in [-0.15, -0.1) is 0 Å². The molecule has 1 aliphatic carbocycles. The first-order chi connectivity index (χ1) is 10.6. The summed E-state index contributed by atoms with van der Waals surface area (Å²) in [7, 11) is 1.74. The molecule has 0 aromatic heterocycles. The number of likely N-dealkylation sites (tertiary alicyclic amines) is 1. The normalized spacial score (nSPS) is 23.5. The Morgan fingerprint density at radius 3 is 2.73 bits per heavy atom. The number of carbonyl (C=O) groups excluding carboxylic acids is 2. The van der Waals surface area contributed by atoms with E-state index in [1.54, 1.807) is 11.9 Å². The lowest BCUT2D eigenvalue weighted by atomic mass is 10.1. The molecule has 1 saturated heterocycles. The third-order valence-electron chi connectivity index (χ3n) is 4.59. The highest BCUT2D eigenvalue weighted by molar-refractivity contribution is 9.10. The van der Waals surface area contributed by atoms with Crippen LogP contribution < -0.4 is 0 Å². The summed E-state index contributed by atoms with van der Waals surface area (Å²) in [6, 6.07) is 8.13. The minimum Gasteiger partial charge on any atom is -0.341 e. The Morgan fingerprint density at radius 2 is 2.05 bits per heavy atom. The van der Waals surface area contributed by atoms with Crippen molar-refractivity contribution in [3.8, 4) is 0 Å². The fraction of sp³-hybridized carbons (Fsp3) is 0.529. The topological polar surface area (TPSA) is 40.6 Å². The maximum atomic E-state index is 12.5. The van der Waals surface area contributed by atoms with Crippen LogP contribution in [0.25, 0.3) is 0 Å². The Balaban J connectivity index is 1.55. The van der Waals surface area contributed by atoms with Gasteiger partial charge in [0, 0.05) is 30.5 Å². The molecule has 0 spiro atoms. The lowest BCUT2D eigenvalue weighted by Crippen LogP contribution is -2.40. The Labute approximate surface area is 139 Å². The number of amides is 2. The van der Waals surface area contributed by atoms with Crippen LogP contribution in [0.15, 0.2) is 28.7 Å². The highest BCUT2D eigenvalue weighted by Gasteiger charge is 2.45. The molecule has 5 heteroatoms. The van der Waals surface area contributed by atoms with E-state index in [0.29, 0.717) is 5.92 Å². The van der Waals surface area contributed by atoms with Gasteiger partial charge in [0.1, 0.15) is 0 Å². The van der Waals surface area contributed by atoms with Crippen molar-refractivity contribution in [1.29, 1.82) is 0 Å². The van der Waals surface area contributed by atoms with Crippen LogP contribution in [0.3, 0.4) is 0 Å². The lowest BCUT2D eigenvalue weighted by molar-refractivity contribution is -0.139. The molecule has 1 heterocycles. The third kappa shape index (κ3) is 3.35. The summed E-state index contributed by atoms with van der Waals surface area (Å²) in [4.78, 5) is 28.1. The van der Waals surface area contributed by atoms with E-state index in [9.17, 15) is 9.59 Å². The second-order valence-corrected chi connectivity index (χ2v) is 7.20. The first kappa shape index (κ1) is 15.5. The monoisotopic (exact) mass is 364 g/mol. The molecule has 1 aliphatic heterocycles. The van der Waals surface area contributed by atoms with Crippen LogP contribution in [0.1, 0.15) is 30.7 Å². The Morgan fingerprint density at radius 1 is 1.32 bits per heavy atom. The van der Waals surface area contributed by atoms with Gasteiger partial charge in [-0.2, -0.15) is 0 Å². The van der Waals surface area contributed by atoms with E-state index in [0.717, 1.165) is 36.8 Å². The average Bonchev–Trinajstić information content (AvgIpc) is 3.10. The van der Waals surface area contributed by atoms with Gasteiger partial charge in [-0.25, -0.2) is 0 Å². The molecule has 2 amide bonds. The number of hydrogen-bond acceptors (Lipinski definition) is 2. The predicted molar refractivity (Wildman–Crippen MR) is 88.4 cm³/mol. The molecule has 2 atom stereocenters. The molecule has 4 nitrogen and oxygen atoms in total. The molecular weight excluding hydrogens is 344 g/mol. The summed E-state index contributed by atoms with van der Waals surface area (Å²) >= 11 is 3.47. The summed E-state index contributed by atoms with van der Waals surface area (Å²) < 4.78 is 1.04. The van der Waals surface area contributed by atoms with Crippen molar-refractivity contribution in [2.45, 2.75) is 25.2 Å². The Bertz CT molecular complexity index is 584. The summed E-state index contributed by atoms with van der Waals surface area (Å²) in [6.07, 6.45) is 3.05. The smallest absolute Gasteiger partial charge is 0.242 e. The fourth-order valence-electron chi connectivity index (χ4n) is 3.20. The van der Waals surface area contributed by atoms with Crippen LogP contribution in [-0.4, -0.2) is 48.3 Å². The summed E-state index contributed by atoms with van der Waals surface area (Å²) in [5, 5.41) is 0. The van der Waals surface area contributed by atoms with Gasteiger partial charge in [0.25, 0.3) is 0 Å². The van der Waals surface area contributed by atoms with E-state index >= 15 is 0 Å². The van der Waals surface area contributed by atoms with Gasteiger partial charge in [0.15, 0.2) is 0 Å². The van der Waals surface area contributed by atoms with Crippen molar-refractivity contribution in [2.24, 2.45) is 5.92 Å². The number of rotatable bonds is 4. The van der Waals surface area contributed by atoms with Crippen LogP contribution >= 0.6 is 15.9 Å². The molecule has 1 aromatic rings. The van der Waals surface area contributed by atoms with Crippen LogP contribution in [0.4, 0.5) is 0 Å². The largest absolute Gasteiger partial charge is 0.341 e. The zero-order chi connectivity index (χ0) is 15.7. The third-order valence-corrected chi connectivity index (χ3v) is 5.09. The fourth-order valence-corrected chi connectivity index (χ4v) is 3.62. The molecule has 22 heavy (non-hydrogen) atoms. The zero-order valence-corrected chi connectivity index (χ0v) is 14.4. The predicted octanol–water partition coefficient (Wildman–Crippen LogP) is 2.63. The second kappa shape index (κ2) is 6.41. The van der Waals surface area contributed by atoms with Crippen LogP contribution in [0.5, 0.6) is 0 Å². The maximum Gasteiger partial charge on any atom is 0.242 e. The summed E-state index contributed by atoms with van der Waals surface area (Å²) in [5.74, 6) is 0.505. The van der Waals surface area contributed by atoms with Gasteiger partial charge >= 0.3 is 0 Å². The minimum absolute atomic E-state index is 0.0330.